The average molecular weight is 289 g/mol. The lowest BCUT2D eigenvalue weighted by Crippen LogP contribution is -2.49. The maximum atomic E-state index is 6.97. The van der Waals surface area contributed by atoms with Crippen molar-refractivity contribution in [3.8, 4) is 0 Å². The van der Waals surface area contributed by atoms with Crippen molar-refractivity contribution in [2.24, 2.45) is 11.3 Å². The summed E-state index contributed by atoms with van der Waals surface area (Å²) in [4.78, 5) is 0. The molecule has 2 aliphatic heterocycles. The van der Waals surface area contributed by atoms with Crippen molar-refractivity contribution in [2.75, 3.05) is 0 Å². The largest absolute Gasteiger partial charge is 0.408 e. The smallest absolute Gasteiger partial charge is 0.228 e. The van der Waals surface area contributed by atoms with Crippen LogP contribution in [0.4, 0.5) is 0 Å². The number of hydrogen-bond acceptors (Lipinski definition) is 1. The minimum atomic E-state index is -1.73. The van der Waals surface area contributed by atoms with Gasteiger partial charge in [-0.15, -0.1) is 0 Å². The van der Waals surface area contributed by atoms with E-state index in [1.807, 2.05) is 0 Å². The fraction of sp³-hybridized carbons (Fsp3) is 0.667. The van der Waals surface area contributed by atoms with Gasteiger partial charge in [0.05, 0.1) is 6.10 Å². The Bertz CT molecular complexity index is 464. The van der Waals surface area contributed by atoms with Crippen LogP contribution >= 0.6 is 0 Å². The minimum Gasteiger partial charge on any atom is -0.408 e. The fourth-order valence-electron chi connectivity index (χ4n) is 4.70. The Labute approximate surface area is 124 Å². The molecule has 1 aromatic rings. The summed E-state index contributed by atoms with van der Waals surface area (Å²) in [5.41, 5.74) is 1.11. The monoisotopic (exact) mass is 288 g/mol. The second kappa shape index (κ2) is 4.99. The van der Waals surface area contributed by atoms with Crippen LogP contribution in [0, 0.1) is 11.3 Å². The summed E-state index contributed by atoms with van der Waals surface area (Å²) in [6.45, 7) is 9.43. The zero-order valence-corrected chi connectivity index (χ0v) is 14.4. The van der Waals surface area contributed by atoms with Gasteiger partial charge in [0.2, 0.25) is 8.32 Å². The van der Waals surface area contributed by atoms with Crippen molar-refractivity contribution in [3.05, 3.63) is 30.3 Å². The minimum absolute atomic E-state index is 0.264. The lowest BCUT2D eigenvalue weighted by Gasteiger charge is -2.34. The third kappa shape index (κ3) is 2.08. The molecule has 0 bridgehead atoms. The molecule has 0 radical (unpaired) electrons. The molecule has 0 aliphatic carbocycles. The van der Waals surface area contributed by atoms with E-state index in [2.05, 4.69) is 58.0 Å². The molecule has 2 aliphatic rings. The molecule has 2 heterocycles. The summed E-state index contributed by atoms with van der Waals surface area (Å²) in [5.74, 6) is 0.768. The van der Waals surface area contributed by atoms with Crippen LogP contribution in [-0.4, -0.2) is 14.4 Å². The van der Waals surface area contributed by atoms with Gasteiger partial charge in [-0.3, -0.25) is 0 Å². The Morgan fingerprint density at radius 3 is 2.50 bits per heavy atom. The molecule has 2 heteroatoms. The van der Waals surface area contributed by atoms with Crippen molar-refractivity contribution in [1.82, 2.24) is 0 Å². The van der Waals surface area contributed by atoms with Crippen LogP contribution in [-0.2, 0) is 4.43 Å². The van der Waals surface area contributed by atoms with Crippen LogP contribution in [0.2, 0.25) is 11.6 Å². The molecule has 20 heavy (non-hydrogen) atoms. The Kier molecular flexibility index (Phi) is 3.58. The molecule has 1 aromatic carbocycles. The van der Waals surface area contributed by atoms with Gasteiger partial charge in [0.25, 0.3) is 0 Å². The van der Waals surface area contributed by atoms with Crippen molar-refractivity contribution in [1.29, 1.82) is 0 Å². The van der Waals surface area contributed by atoms with Crippen LogP contribution < -0.4 is 5.19 Å². The highest BCUT2D eigenvalue weighted by atomic mass is 28.4. The van der Waals surface area contributed by atoms with Gasteiger partial charge < -0.3 is 4.43 Å². The zero-order valence-electron chi connectivity index (χ0n) is 13.4. The standard InChI is InChI=1S/C18H28OSi/c1-5-15-16-12-9-13-20(16,14-10-7-6-8-11-14)19-17(15)18(2,3)4/h6-8,10-11,15-17H,5,9,12-13H2,1-4H3/t15-,16-,17-,20+/m1/s1. The Morgan fingerprint density at radius 2 is 1.90 bits per heavy atom. The molecule has 0 amide bonds. The van der Waals surface area contributed by atoms with Crippen LogP contribution in [0.25, 0.3) is 0 Å². The van der Waals surface area contributed by atoms with E-state index >= 15 is 0 Å². The summed E-state index contributed by atoms with van der Waals surface area (Å²) in [7, 11) is -1.73. The third-order valence-corrected chi connectivity index (χ3v) is 10.5. The molecule has 0 unspecified atom stereocenters. The van der Waals surface area contributed by atoms with Gasteiger partial charge in [0, 0.05) is 0 Å². The van der Waals surface area contributed by atoms with E-state index in [0.717, 1.165) is 11.5 Å². The van der Waals surface area contributed by atoms with Gasteiger partial charge in [-0.25, -0.2) is 0 Å². The summed E-state index contributed by atoms with van der Waals surface area (Å²) in [6.07, 6.45) is 4.49. The Morgan fingerprint density at radius 1 is 1.20 bits per heavy atom. The van der Waals surface area contributed by atoms with E-state index in [1.165, 1.54) is 25.3 Å². The van der Waals surface area contributed by atoms with E-state index < -0.39 is 8.32 Å². The highest BCUT2D eigenvalue weighted by Gasteiger charge is 2.61. The van der Waals surface area contributed by atoms with Gasteiger partial charge in [-0.1, -0.05) is 77.3 Å². The summed E-state index contributed by atoms with van der Waals surface area (Å²) >= 11 is 0. The van der Waals surface area contributed by atoms with Gasteiger partial charge >= 0.3 is 0 Å². The van der Waals surface area contributed by atoms with E-state index in [9.17, 15) is 0 Å². The molecule has 0 aromatic heterocycles. The number of hydrogen-bond donors (Lipinski definition) is 0. The van der Waals surface area contributed by atoms with Crippen LogP contribution in [0.3, 0.4) is 0 Å². The first-order valence-corrected chi connectivity index (χ1v) is 10.4. The first kappa shape index (κ1) is 14.3. The molecule has 4 atom stereocenters. The molecular weight excluding hydrogens is 260 g/mol. The Balaban J connectivity index is 2.02. The zero-order chi connectivity index (χ0) is 14.4. The van der Waals surface area contributed by atoms with Crippen LogP contribution in [0.15, 0.2) is 30.3 Å². The predicted molar refractivity (Wildman–Crippen MR) is 87.7 cm³/mol. The molecule has 2 saturated heterocycles. The first-order chi connectivity index (χ1) is 9.49. The van der Waals surface area contributed by atoms with Gasteiger partial charge in [0.15, 0.2) is 0 Å². The molecular formula is C18H28OSi. The lowest BCUT2D eigenvalue weighted by molar-refractivity contribution is 0.0567. The van der Waals surface area contributed by atoms with Crippen molar-refractivity contribution in [2.45, 2.75) is 64.6 Å². The molecule has 110 valence electrons. The van der Waals surface area contributed by atoms with Gasteiger partial charge in [-0.05, 0) is 28.1 Å². The quantitative estimate of drug-likeness (QED) is 0.729. The van der Waals surface area contributed by atoms with Gasteiger partial charge in [-0.2, -0.15) is 0 Å². The normalized spacial score (nSPS) is 37.1. The van der Waals surface area contributed by atoms with Crippen LogP contribution in [0.1, 0.15) is 47.0 Å². The SMILES string of the molecule is CC[C@H]1[C@H](C(C)(C)C)O[Si@]2(c3ccccc3)CCC[C@H]12. The van der Waals surface area contributed by atoms with Gasteiger partial charge in [0.1, 0.15) is 0 Å². The summed E-state index contributed by atoms with van der Waals surface area (Å²) in [5, 5.41) is 1.55. The molecule has 0 spiro atoms. The number of rotatable bonds is 2. The number of fused-ring (bicyclic) bond motifs is 1. The maximum Gasteiger partial charge on any atom is 0.228 e. The second-order valence-electron chi connectivity index (χ2n) is 7.73. The van der Waals surface area contributed by atoms with E-state index in [4.69, 9.17) is 4.43 Å². The van der Waals surface area contributed by atoms with Crippen molar-refractivity contribution < 1.29 is 4.43 Å². The lowest BCUT2D eigenvalue weighted by atomic mass is 9.78. The van der Waals surface area contributed by atoms with E-state index in [-0.39, 0.29) is 5.41 Å². The molecule has 1 nitrogen and oxygen atoms in total. The topological polar surface area (TPSA) is 9.23 Å². The molecule has 0 saturated carbocycles. The maximum absolute atomic E-state index is 6.97. The third-order valence-electron chi connectivity index (χ3n) is 5.49. The van der Waals surface area contributed by atoms with Crippen molar-refractivity contribution >= 4 is 13.5 Å². The summed E-state index contributed by atoms with van der Waals surface area (Å²) < 4.78 is 6.97. The molecule has 2 fully saturated rings. The molecule has 3 rings (SSSR count). The first-order valence-electron chi connectivity index (χ1n) is 8.22. The van der Waals surface area contributed by atoms with Crippen LogP contribution in [0.5, 0.6) is 0 Å². The fourth-order valence-corrected chi connectivity index (χ4v) is 10.5. The average Bonchev–Trinajstić information content (AvgIpc) is 2.95. The summed E-state index contributed by atoms with van der Waals surface area (Å²) in [6, 6.07) is 12.5. The second-order valence-corrected chi connectivity index (χ2v) is 11.6. The highest BCUT2D eigenvalue weighted by Crippen LogP contribution is 2.56. The number of benzene rings is 1. The highest BCUT2D eigenvalue weighted by molar-refractivity contribution is 6.89. The van der Waals surface area contributed by atoms with E-state index in [0.29, 0.717) is 6.10 Å². The van der Waals surface area contributed by atoms with E-state index in [1.54, 1.807) is 5.19 Å². The predicted octanol–water partition coefficient (Wildman–Crippen LogP) is 4.47. The molecule has 0 N–H and O–H groups in total. The Hall–Kier alpha value is -0.603. The van der Waals surface area contributed by atoms with Crippen molar-refractivity contribution in [3.63, 3.8) is 0 Å².